The Bertz CT molecular complexity index is 1020. The Hall–Kier alpha value is -2.75. The Morgan fingerprint density at radius 1 is 1.18 bits per heavy atom. The third kappa shape index (κ3) is 6.86. The molecule has 0 bridgehead atoms. The minimum Gasteiger partial charge on any atom is -0.495 e. The van der Waals surface area contributed by atoms with Gasteiger partial charge >= 0.3 is 0 Å². The Balaban J connectivity index is 0.00000306. The number of para-hydroxylation sites is 2. The minimum atomic E-state index is 0. The second-order valence-electron chi connectivity index (χ2n) is 8.00. The van der Waals surface area contributed by atoms with Gasteiger partial charge in [0.1, 0.15) is 5.75 Å². The number of rotatable bonds is 8. The van der Waals surface area contributed by atoms with Gasteiger partial charge in [-0.3, -0.25) is 0 Å². The average molecular weight is 560 g/mol. The van der Waals surface area contributed by atoms with Gasteiger partial charge in [-0.15, -0.1) is 24.0 Å². The molecule has 7 nitrogen and oxygen atoms in total. The number of hydrogen-bond acceptors (Lipinski definition) is 4. The maximum atomic E-state index is 5.54. The van der Waals surface area contributed by atoms with E-state index in [9.17, 15) is 0 Å². The minimum absolute atomic E-state index is 0. The van der Waals surface area contributed by atoms with Gasteiger partial charge in [-0.05, 0) is 36.6 Å². The standard InChI is InChI=1S/C25H32N6O.HI/c1-3-27-25(28-16-20-7-6-8-21(15-20)17-30-14-12-26-19-30)29-22-11-13-31(18-22)23-9-4-5-10-24(23)32-2;/h4-10,12,14-15,19,22H,3,11,13,16-18H2,1-2H3,(H2,27,28,29);1H. The van der Waals surface area contributed by atoms with Gasteiger partial charge in [0.15, 0.2) is 5.96 Å². The fraction of sp³-hybridized carbons (Fsp3) is 0.360. The number of ether oxygens (including phenoxy) is 1. The number of halogens is 1. The summed E-state index contributed by atoms with van der Waals surface area (Å²) in [7, 11) is 1.73. The van der Waals surface area contributed by atoms with Crippen molar-refractivity contribution in [1.82, 2.24) is 20.2 Å². The molecule has 0 radical (unpaired) electrons. The van der Waals surface area contributed by atoms with Gasteiger partial charge in [0.2, 0.25) is 0 Å². The summed E-state index contributed by atoms with van der Waals surface area (Å²) in [4.78, 5) is 11.3. The largest absolute Gasteiger partial charge is 0.495 e. The number of hydrogen-bond donors (Lipinski definition) is 2. The molecule has 4 rings (SSSR count). The van der Waals surface area contributed by atoms with Gasteiger partial charge in [-0.1, -0.05) is 36.4 Å². The van der Waals surface area contributed by atoms with E-state index in [2.05, 4.69) is 68.4 Å². The molecule has 1 aromatic heterocycles. The monoisotopic (exact) mass is 560 g/mol. The summed E-state index contributed by atoms with van der Waals surface area (Å²) in [6, 6.07) is 17.1. The third-order valence-corrected chi connectivity index (χ3v) is 5.63. The van der Waals surface area contributed by atoms with E-state index in [-0.39, 0.29) is 24.0 Å². The van der Waals surface area contributed by atoms with E-state index >= 15 is 0 Å². The lowest BCUT2D eigenvalue weighted by Crippen LogP contribution is -2.44. The van der Waals surface area contributed by atoms with Gasteiger partial charge < -0.3 is 24.8 Å². The number of guanidine groups is 1. The van der Waals surface area contributed by atoms with E-state index in [1.165, 1.54) is 11.1 Å². The summed E-state index contributed by atoms with van der Waals surface area (Å²) in [5, 5.41) is 7.01. The first kappa shape index (κ1) is 24.9. The molecule has 1 unspecified atom stereocenters. The summed E-state index contributed by atoms with van der Waals surface area (Å²) < 4.78 is 7.61. The molecule has 1 atom stereocenters. The van der Waals surface area contributed by atoms with Crippen molar-refractivity contribution in [3.8, 4) is 5.75 Å². The van der Waals surface area contributed by atoms with Gasteiger partial charge in [-0.25, -0.2) is 9.98 Å². The quantitative estimate of drug-likeness (QED) is 0.249. The van der Waals surface area contributed by atoms with E-state index in [1.54, 1.807) is 13.3 Å². The number of aromatic nitrogens is 2. The van der Waals surface area contributed by atoms with Crippen molar-refractivity contribution in [2.24, 2.45) is 4.99 Å². The van der Waals surface area contributed by atoms with E-state index in [0.717, 1.165) is 50.0 Å². The molecule has 33 heavy (non-hydrogen) atoms. The highest BCUT2D eigenvalue weighted by Gasteiger charge is 2.25. The van der Waals surface area contributed by atoms with E-state index < -0.39 is 0 Å². The average Bonchev–Trinajstić information content (AvgIpc) is 3.50. The van der Waals surface area contributed by atoms with Crippen LogP contribution in [-0.4, -0.2) is 48.3 Å². The van der Waals surface area contributed by atoms with Crippen LogP contribution in [0.25, 0.3) is 0 Å². The highest BCUT2D eigenvalue weighted by Crippen LogP contribution is 2.30. The Labute approximate surface area is 213 Å². The zero-order valence-electron chi connectivity index (χ0n) is 19.3. The Kier molecular flexibility index (Phi) is 9.41. The molecule has 2 N–H and O–H groups in total. The summed E-state index contributed by atoms with van der Waals surface area (Å²) >= 11 is 0. The lowest BCUT2D eigenvalue weighted by atomic mass is 10.1. The predicted molar refractivity (Wildman–Crippen MR) is 145 cm³/mol. The molecule has 1 fully saturated rings. The molecule has 1 aliphatic rings. The first-order valence-electron chi connectivity index (χ1n) is 11.2. The van der Waals surface area contributed by atoms with Crippen LogP contribution in [0.5, 0.6) is 5.75 Å². The van der Waals surface area contributed by atoms with Gasteiger partial charge in [0.25, 0.3) is 0 Å². The molecule has 176 valence electrons. The van der Waals surface area contributed by atoms with Crippen LogP contribution in [0.15, 0.2) is 72.2 Å². The lowest BCUT2D eigenvalue weighted by molar-refractivity contribution is 0.415. The van der Waals surface area contributed by atoms with Crippen molar-refractivity contribution in [2.75, 3.05) is 31.6 Å². The highest BCUT2D eigenvalue weighted by molar-refractivity contribution is 14.0. The topological polar surface area (TPSA) is 66.7 Å². The number of anilines is 1. The van der Waals surface area contributed by atoms with Crippen molar-refractivity contribution in [1.29, 1.82) is 0 Å². The second kappa shape index (κ2) is 12.5. The summed E-state index contributed by atoms with van der Waals surface area (Å²) in [5.41, 5.74) is 3.59. The predicted octanol–water partition coefficient (Wildman–Crippen LogP) is 3.89. The SMILES string of the molecule is CCNC(=NCc1cccc(Cn2ccnc2)c1)NC1CCN(c2ccccc2OC)C1.I. The van der Waals surface area contributed by atoms with E-state index in [1.807, 2.05) is 24.7 Å². The molecule has 1 aliphatic heterocycles. The lowest BCUT2D eigenvalue weighted by Gasteiger charge is -2.22. The van der Waals surface area contributed by atoms with Crippen molar-refractivity contribution in [3.05, 3.63) is 78.4 Å². The number of aliphatic imine (C=N–C) groups is 1. The molecule has 2 heterocycles. The molecule has 0 saturated carbocycles. The highest BCUT2D eigenvalue weighted by atomic mass is 127. The number of nitrogens with zero attached hydrogens (tertiary/aromatic N) is 4. The van der Waals surface area contributed by atoms with Crippen LogP contribution in [0.4, 0.5) is 5.69 Å². The first-order chi connectivity index (χ1) is 15.7. The summed E-state index contributed by atoms with van der Waals surface area (Å²) in [6.45, 7) is 6.29. The number of imidazole rings is 1. The smallest absolute Gasteiger partial charge is 0.191 e. The van der Waals surface area contributed by atoms with Crippen LogP contribution in [0.3, 0.4) is 0 Å². The molecule has 2 aromatic carbocycles. The summed E-state index contributed by atoms with van der Waals surface area (Å²) in [5.74, 6) is 1.78. The molecule has 0 amide bonds. The molecule has 3 aromatic rings. The maximum absolute atomic E-state index is 5.54. The van der Waals surface area contributed by atoms with E-state index in [0.29, 0.717) is 12.6 Å². The van der Waals surface area contributed by atoms with Crippen molar-refractivity contribution >= 4 is 35.6 Å². The number of methoxy groups -OCH3 is 1. The Morgan fingerprint density at radius 2 is 2.03 bits per heavy atom. The van der Waals surface area contributed by atoms with Crippen LogP contribution in [0.2, 0.25) is 0 Å². The zero-order valence-corrected chi connectivity index (χ0v) is 21.6. The Morgan fingerprint density at radius 3 is 2.82 bits per heavy atom. The molecule has 1 saturated heterocycles. The number of nitrogens with one attached hydrogen (secondary N) is 2. The van der Waals surface area contributed by atoms with Crippen LogP contribution in [-0.2, 0) is 13.1 Å². The fourth-order valence-corrected chi connectivity index (χ4v) is 4.09. The fourth-order valence-electron chi connectivity index (χ4n) is 4.09. The van der Waals surface area contributed by atoms with Crippen molar-refractivity contribution in [2.45, 2.75) is 32.5 Å². The zero-order chi connectivity index (χ0) is 22.2. The van der Waals surface area contributed by atoms with Gasteiger partial charge in [0.05, 0.1) is 25.7 Å². The third-order valence-electron chi connectivity index (χ3n) is 5.63. The normalized spacial score (nSPS) is 15.8. The van der Waals surface area contributed by atoms with Gasteiger partial charge in [0, 0.05) is 44.6 Å². The van der Waals surface area contributed by atoms with Crippen molar-refractivity contribution in [3.63, 3.8) is 0 Å². The second-order valence-corrected chi connectivity index (χ2v) is 8.00. The van der Waals surface area contributed by atoms with Crippen LogP contribution >= 0.6 is 24.0 Å². The van der Waals surface area contributed by atoms with Gasteiger partial charge in [-0.2, -0.15) is 0 Å². The van der Waals surface area contributed by atoms with Crippen LogP contribution < -0.4 is 20.3 Å². The molecule has 0 spiro atoms. The molecule has 8 heteroatoms. The molecular formula is C25H33IN6O. The molecule has 0 aliphatic carbocycles. The van der Waals surface area contributed by atoms with E-state index in [4.69, 9.17) is 9.73 Å². The maximum Gasteiger partial charge on any atom is 0.191 e. The van der Waals surface area contributed by atoms with Crippen molar-refractivity contribution < 1.29 is 4.74 Å². The number of benzene rings is 2. The molecular weight excluding hydrogens is 527 g/mol. The summed E-state index contributed by atoms with van der Waals surface area (Å²) in [6.07, 6.45) is 6.69. The van der Waals surface area contributed by atoms with Crippen LogP contribution in [0, 0.1) is 0 Å². The van der Waals surface area contributed by atoms with Crippen LogP contribution in [0.1, 0.15) is 24.5 Å². The first-order valence-corrected chi connectivity index (χ1v) is 11.2.